The molecule has 2 aromatic carbocycles. The minimum atomic E-state index is 0.0893. The molecule has 0 spiro atoms. The van der Waals surface area contributed by atoms with Gasteiger partial charge in [0.05, 0.1) is 6.54 Å². The third kappa shape index (κ3) is 4.57. The highest BCUT2D eigenvalue weighted by atomic mass is 16.5. The van der Waals surface area contributed by atoms with Crippen molar-refractivity contribution in [2.24, 2.45) is 0 Å². The van der Waals surface area contributed by atoms with Crippen molar-refractivity contribution in [3.8, 4) is 11.4 Å². The zero-order chi connectivity index (χ0) is 18.4. The Morgan fingerprint density at radius 1 is 1.08 bits per heavy atom. The Kier molecular flexibility index (Phi) is 5.79. The molecule has 0 unspecified atom stereocenters. The molecule has 0 fully saturated rings. The summed E-state index contributed by atoms with van der Waals surface area (Å²) >= 11 is 0. The standard InChI is InChI=1S/C21H23N3O2/c1-3-24(20(25)14-11-17-7-5-4-6-8-17)15-19-22-21(23-26-19)18-12-9-16(2)10-13-18/h4-10,12-13H,3,11,14-15H2,1-2H3. The van der Waals surface area contributed by atoms with Crippen LogP contribution in [-0.2, 0) is 17.8 Å². The van der Waals surface area contributed by atoms with Crippen LogP contribution in [0, 0.1) is 6.92 Å². The predicted octanol–water partition coefficient (Wildman–Crippen LogP) is 4.03. The van der Waals surface area contributed by atoms with Crippen molar-refractivity contribution in [2.45, 2.75) is 33.2 Å². The van der Waals surface area contributed by atoms with Gasteiger partial charge in [-0.25, -0.2) is 0 Å². The number of carbonyl (C=O) groups is 1. The largest absolute Gasteiger partial charge is 0.337 e. The van der Waals surface area contributed by atoms with E-state index in [-0.39, 0.29) is 5.91 Å². The highest BCUT2D eigenvalue weighted by Crippen LogP contribution is 2.17. The van der Waals surface area contributed by atoms with Gasteiger partial charge in [-0.15, -0.1) is 0 Å². The van der Waals surface area contributed by atoms with Crippen LogP contribution in [0.25, 0.3) is 11.4 Å². The number of hydrogen-bond donors (Lipinski definition) is 0. The molecule has 0 atom stereocenters. The Bertz CT molecular complexity index is 841. The monoisotopic (exact) mass is 349 g/mol. The zero-order valence-corrected chi connectivity index (χ0v) is 15.2. The summed E-state index contributed by atoms with van der Waals surface area (Å²) in [5, 5.41) is 4.03. The highest BCUT2D eigenvalue weighted by Gasteiger charge is 2.16. The first-order valence-corrected chi connectivity index (χ1v) is 8.87. The van der Waals surface area contributed by atoms with Gasteiger partial charge >= 0.3 is 0 Å². The molecule has 5 nitrogen and oxygen atoms in total. The van der Waals surface area contributed by atoms with Gasteiger partial charge in [-0.1, -0.05) is 65.3 Å². The third-order valence-corrected chi connectivity index (χ3v) is 4.31. The number of carbonyl (C=O) groups excluding carboxylic acids is 1. The van der Waals surface area contributed by atoms with Crippen molar-refractivity contribution in [1.82, 2.24) is 15.0 Å². The van der Waals surface area contributed by atoms with Crippen LogP contribution in [0.5, 0.6) is 0 Å². The van der Waals surface area contributed by atoms with Crippen molar-refractivity contribution in [1.29, 1.82) is 0 Å². The van der Waals surface area contributed by atoms with Gasteiger partial charge in [-0.2, -0.15) is 4.98 Å². The summed E-state index contributed by atoms with van der Waals surface area (Å²) in [6.07, 6.45) is 1.20. The number of rotatable bonds is 7. The minimum absolute atomic E-state index is 0.0893. The van der Waals surface area contributed by atoms with Gasteiger partial charge in [0, 0.05) is 18.5 Å². The van der Waals surface area contributed by atoms with E-state index in [0.717, 1.165) is 17.5 Å². The predicted molar refractivity (Wildman–Crippen MR) is 100 cm³/mol. The van der Waals surface area contributed by atoms with Gasteiger partial charge < -0.3 is 9.42 Å². The summed E-state index contributed by atoms with van der Waals surface area (Å²) in [7, 11) is 0. The molecule has 3 aromatic rings. The number of amides is 1. The number of aromatic nitrogens is 2. The van der Waals surface area contributed by atoms with Crippen LogP contribution in [0.15, 0.2) is 59.1 Å². The number of hydrogen-bond acceptors (Lipinski definition) is 4. The fourth-order valence-corrected chi connectivity index (χ4v) is 2.73. The fraction of sp³-hybridized carbons (Fsp3) is 0.286. The Morgan fingerprint density at radius 3 is 2.50 bits per heavy atom. The van der Waals surface area contributed by atoms with Gasteiger partial charge in [-0.05, 0) is 25.8 Å². The van der Waals surface area contributed by atoms with Crippen LogP contribution in [0.1, 0.15) is 30.4 Å². The van der Waals surface area contributed by atoms with E-state index < -0.39 is 0 Å². The van der Waals surface area contributed by atoms with Gasteiger partial charge in [0.15, 0.2) is 0 Å². The van der Waals surface area contributed by atoms with Crippen molar-refractivity contribution < 1.29 is 9.32 Å². The van der Waals surface area contributed by atoms with Crippen molar-refractivity contribution in [3.05, 3.63) is 71.6 Å². The molecule has 26 heavy (non-hydrogen) atoms. The third-order valence-electron chi connectivity index (χ3n) is 4.31. The number of nitrogens with zero attached hydrogens (tertiary/aromatic N) is 3. The van der Waals surface area contributed by atoms with Crippen LogP contribution >= 0.6 is 0 Å². The topological polar surface area (TPSA) is 59.2 Å². The SMILES string of the molecule is CCN(Cc1nc(-c2ccc(C)cc2)no1)C(=O)CCc1ccccc1. The van der Waals surface area contributed by atoms with Crippen molar-refractivity contribution >= 4 is 5.91 Å². The first kappa shape index (κ1) is 17.9. The lowest BCUT2D eigenvalue weighted by molar-refractivity contribution is -0.131. The fourth-order valence-electron chi connectivity index (χ4n) is 2.73. The molecule has 0 N–H and O–H groups in total. The molecule has 0 aliphatic rings. The maximum atomic E-state index is 12.5. The lowest BCUT2D eigenvalue weighted by Gasteiger charge is -2.18. The summed E-state index contributed by atoms with van der Waals surface area (Å²) in [5.41, 5.74) is 3.25. The van der Waals surface area contributed by atoms with Gasteiger partial charge in [0.25, 0.3) is 0 Å². The van der Waals surface area contributed by atoms with E-state index in [1.165, 1.54) is 5.56 Å². The molecule has 0 radical (unpaired) electrons. The maximum absolute atomic E-state index is 12.5. The molecule has 1 aromatic heterocycles. The molecule has 3 rings (SSSR count). The zero-order valence-electron chi connectivity index (χ0n) is 15.2. The van der Waals surface area contributed by atoms with Gasteiger partial charge in [0.1, 0.15) is 0 Å². The Morgan fingerprint density at radius 2 is 1.81 bits per heavy atom. The van der Waals surface area contributed by atoms with Crippen LogP contribution in [0.3, 0.4) is 0 Å². The quantitative estimate of drug-likeness (QED) is 0.646. The van der Waals surface area contributed by atoms with E-state index in [1.54, 1.807) is 4.90 Å². The van der Waals surface area contributed by atoms with Crippen LogP contribution in [-0.4, -0.2) is 27.5 Å². The molecule has 134 valence electrons. The smallest absolute Gasteiger partial charge is 0.246 e. The highest BCUT2D eigenvalue weighted by molar-refractivity contribution is 5.76. The Hall–Kier alpha value is -2.95. The molecule has 0 bridgehead atoms. The summed E-state index contributed by atoms with van der Waals surface area (Å²) in [5.74, 6) is 1.09. The van der Waals surface area contributed by atoms with E-state index in [2.05, 4.69) is 10.1 Å². The van der Waals surface area contributed by atoms with Gasteiger partial charge in [0.2, 0.25) is 17.6 Å². The van der Waals surface area contributed by atoms with Gasteiger partial charge in [-0.3, -0.25) is 4.79 Å². The summed E-state index contributed by atoms with van der Waals surface area (Å²) in [6, 6.07) is 18.0. The van der Waals surface area contributed by atoms with E-state index in [1.807, 2.05) is 68.4 Å². The molecule has 1 heterocycles. The molecule has 5 heteroatoms. The molecule has 0 aliphatic heterocycles. The first-order valence-electron chi connectivity index (χ1n) is 8.87. The van der Waals surface area contributed by atoms with Crippen molar-refractivity contribution in [2.75, 3.05) is 6.54 Å². The minimum Gasteiger partial charge on any atom is -0.337 e. The molecule has 0 saturated heterocycles. The Labute approximate surface area is 153 Å². The summed E-state index contributed by atoms with van der Waals surface area (Å²) < 4.78 is 5.34. The summed E-state index contributed by atoms with van der Waals surface area (Å²) in [6.45, 7) is 4.93. The average Bonchev–Trinajstić information content (AvgIpc) is 3.14. The normalized spacial score (nSPS) is 10.7. The van der Waals surface area contributed by atoms with E-state index in [9.17, 15) is 4.79 Å². The molecule has 1 amide bonds. The molecular formula is C21H23N3O2. The molecular weight excluding hydrogens is 326 g/mol. The number of aryl methyl sites for hydroxylation is 2. The lowest BCUT2D eigenvalue weighted by Crippen LogP contribution is -2.30. The van der Waals surface area contributed by atoms with Crippen LogP contribution in [0.4, 0.5) is 0 Å². The summed E-state index contributed by atoms with van der Waals surface area (Å²) in [4.78, 5) is 18.7. The number of benzene rings is 2. The Balaban J connectivity index is 1.61. The molecule has 0 saturated carbocycles. The second-order valence-corrected chi connectivity index (χ2v) is 6.27. The maximum Gasteiger partial charge on any atom is 0.246 e. The van der Waals surface area contributed by atoms with E-state index in [4.69, 9.17) is 4.52 Å². The molecule has 0 aliphatic carbocycles. The lowest BCUT2D eigenvalue weighted by atomic mass is 10.1. The van der Waals surface area contributed by atoms with E-state index in [0.29, 0.717) is 31.2 Å². The van der Waals surface area contributed by atoms with E-state index >= 15 is 0 Å². The van der Waals surface area contributed by atoms with Crippen molar-refractivity contribution in [3.63, 3.8) is 0 Å². The van der Waals surface area contributed by atoms with Crippen LogP contribution < -0.4 is 0 Å². The second kappa shape index (κ2) is 8.43. The van der Waals surface area contributed by atoms with Crippen LogP contribution in [0.2, 0.25) is 0 Å². The average molecular weight is 349 g/mol. The second-order valence-electron chi connectivity index (χ2n) is 6.27. The first-order chi connectivity index (χ1) is 12.7.